The van der Waals surface area contributed by atoms with Crippen molar-refractivity contribution < 1.29 is 9.84 Å². The highest BCUT2D eigenvalue weighted by Crippen LogP contribution is 2.38. The van der Waals surface area contributed by atoms with E-state index in [4.69, 9.17) is 10.5 Å². The van der Waals surface area contributed by atoms with Gasteiger partial charge in [0.1, 0.15) is 5.75 Å². The summed E-state index contributed by atoms with van der Waals surface area (Å²) in [6.07, 6.45) is 4.03. The summed E-state index contributed by atoms with van der Waals surface area (Å²) in [5.74, 6) is 1.11. The molecule has 1 aliphatic carbocycles. The number of rotatable bonds is 5. The van der Waals surface area contributed by atoms with Crippen molar-refractivity contribution >= 4 is 10.8 Å². The van der Waals surface area contributed by atoms with Gasteiger partial charge in [-0.25, -0.2) is 0 Å². The van der Waals surface area contributed by atoms with Crippen molar-refractivity contribution in [3.05, 3.63) is 42.0 Å². The van der Waals surface area contributed by atoms with Gasteiger partial charge in [-0.3, -0.25) is 0 Å². The molecule has 3 rings (SSSR count). The summed E-state index contributed by atoms with van der Waals surface area (Å²) < 4.78 is 5.79. The SMILES string of the molecule is CCOc1ccc2ccccc2c1[C@H](N)[C@H](O)C1CCCC1. The largest absolute Gasteiger partial charge is 0.494 e. The van der Waals surface area contributed by atoms with Crippen LogP contribution in [0.2, 0.25) is 0 Å². The van der Waals surface area contributed by atoms with Gasteiger partial charge >= 0.3 is 0 Å². The van der Waals surface area contributed by atoms with E-state index < -0.39 is 12.1 Å². The highest BCUT2D eigenvalue weighted by molar-refractivity contribution is 5.88. The maximum absolute atomic E-state index is 10.7. The van der Waals surface area contributed by atoms with Gasteiger partial charge in [-0.1, -0.05) is 43.2 Å². The van der Waals surface area contributed by atoms with Crippen LogP contribution in [-0.2, 0) is 0 Å². The second-order valence-electron chi connectivity index (χ2n) is 6.19. The third kappa shape index (κ3) is 2.83. The van der Waals surface area contributed by atoms with Crippen LogP contribution in [0.3, 0.4) is 0 Å². The predicted molar refractivity (Wildman–Crippen MR) is 90.0 cm³/mol. The molecule has 0 unspecified atom stereocenters. The summed E-state index contributed by atoms with van der Waals surface area (Å²) in [4.78, 5) is 0. The van der Waals surface area contributed by atoms with E-state index in [1.807, 2.05) is 25.1 Å². The fourth-order valence-electron chi connectivity index (χ4n) is 3.66. The van der Waals surface area contributed by atoms with Crippen LogP contribution in [0, 0.1) is 5.92 Å². The fraction of sp³-hybridized carbons (Fsp3) is 0.474. The van der Waals surface area contributed by atoms with E-state index in [1.165, 1.54) is 12.8 Å². The van der Waals surface area contributed by atoms with Gasteiger partial charge in [-0.05, 0) is 42.5 Å². The van der Waals surface area contributed by atoms with E-state index in [1.54, 1.807) is 0 Å². The first-order valence-electron chi connectivity index (χ1n) is 8.30. The van der Waals surface area contributed by atoms with Crippen LogP contribution < -0.4 is 10.5 Å². The zero-order valence-corrected chi connectivity index (χ0v) is 13.2. The molecule has 0 radical (unpaired) electrons. The average Bonchev–Trinajstić information content (AvgIpc) is 3.08. The molecule has 2 aromatic rings. The van der Waals surface area contributed by atoms with Crippen molar-refractivity contribution in [3.63, 3.8) is 0 Å². The minimum atomic E-state index is -0.507. The van der Waals surface area contributed by atoms with Gasteiger partial charge in [-0.2, -0.15) is 0 Å². The quantitative estimate of drug-likeness (QED) is 0.883. The van der Waals surface area contributed by atoms with E-state index in [9.17, 15) is 5.11 Å². The van der Waals surface area contributed by atoms with Gasteiger partial charge in [0.15, 0.2) is 0 Å². The third-order valence-electron chi connectivity index (χ3n) is 4.81. The Bertz CT molecular complexity index is 634. The van der Waals surface area contributed by atoms with Crippen molar-refractivity contribution in [2.75, 3.05) is 6.61 Å². The summed E-state index contributed by atoms with van der Waals surface area (Å²) in [7, 11) is 0. The van der Waals surface area contributed by atoms with Crippen LogP contribution in [0.5, 0.6) is 5.75 Å². The molecule has 0 aromatic heterocycles. The topological polar surface area (TPSA) is 55.5 Å². The van der Waals surface area contributed by atoms with Crippen LogP contribution in [0.1, 0.15) is 44.2 Å². The average molecular weight is 299 g/mol. The minimum Gasteiger partial charge on any atom is -0.494 e. The molecular formula is C19H25NO2. The molecule has 1 saturated carbocycles. The number of fused-ring (bicyclic) bond motifs is 1. The Kier molecular flexibility index (Phi) is 4.65. The van der Waals surface area contributed by atoms with Crippen molar-refractivity contribution in [3.8, 4) is 5.75 Å². The fourth-order valence-corrected chi connectivity index (χ4v) is 3.66. The minimum absolute atomic E-state index is 0.309. The highest BCUT2D eigenvalue weighted by atomic mass is 16.5. The number of aliphatic hydroxyl groups is 1. The zero-order chi connectivity index (χ0) is 15.5. The van der Waals surface area contributed by atoms with Crippen molar-refractivity contribution in [2.45, 2.75) is 44.8 Å². The van der Waals surface area contributed by atoms with Crippen LogP contribution >= 0.6 is 0 Å². The lowest BCUT2D eigenvalue weighted by Crippen LogP contribution is -2.32. The number of ether oxygens (including phenoxy) is 1. The third-order valence-corrected chi connectivity index (χ3v) is 4.81. The molecule has 0 spiro atoms. The molecule has 118 valence electrons. The lowest BCUT2D eigenvalue weighted by Gasteiger charge is -2.27. The summed E-state index contributed by atoms with van der Waals surface area (Å²) in [6.45, 7) is 2.56. The summed E-state index contributed by atoms with van der Waals surface area (Å²) >= 11 is 0. The molecule has 0 heterocycles. The smallest absolute Gasteiger partial charge is 0.124 e. The number of aliphatic hydroxyl groups excluding tert-OH is 1. The van der Waals surface area contributed by atoms with Gasteiger partial charge in [-0.15, -0.1) is 0 Å². The number of benzene rings is 2. The van der Waals surface area contributed by atoms with Gasteiger partial charge in [0, 0.05) is 5.56 Å². The number of nitrogens with two attached hydrogens (primary N) is 1. The first-order valence-corrected chi connectivity index (χ1v) is 8.30. The van der Waals surface area contributed by atoms with Crippen LogP contribution in [0.15, 0.2) is 36.4 Å². The molecular weight excluding hydrogens is 274 g/mol. The Morgan fingerprint density at radius 1 is 1.18 bits per heavy atom. The Balaban J connectivity index is 2.03. The lowest BCUT2D eigenvalue weighted by molar-refractivity contribution is 0.0838. The van der Waals surface area contributed by atoms with E-state index in [0.29, 0.717) is 12.5 Å². The summed E-state index contributed by atoms with van der Waals surface area (Å²) in [5.41, 5.74) is 7.43. The van der Waals surface area contributed by atoms with E-state index in [2.05, 4.69) is 18.2 Å². The number of hydrogen-bond acceptors (Lipinski definition) is 3. The lowest BCUT2D eigenvalue weighted by atomic mass is 9.88. The molecule has 1 fully saturated rings. The first-order chi connectivity index (χ1) is 10.7. The molecule has 22 heavy (non-hydrogen) atoms. The maximum Gasteiger partial charge on any atom is 0.124 e. The zero-order valence-electron chi connectivity index (χ0n) is 13.2. The van der Waals surface area contributed by atoms with Crippen molar-refractivity contribution in [1.82, 2.24) is 0 Å². The van der Waals surface area contributed by atoms with Crippen molar-refractivity contribution in [2.24, 2.45) is 11.7 Å². The molecule has 0 saturated heterocycles. The molecule has 0 bridgehead atoms. The Hall–Kier alpha value is -1.58. The standard InChI is InChI=1S/C19H25NO2/c1-2-22-16-12-11-13-7-5-6-10-15(13)17(16)18(20)19(21)14-8-3-4-9-14/h5-7,10-12,14,18-19,21H,2-4,8-9,20H2,1H3/t18-,19+/m0/s1. The molecule has 0 aliphatic heterocycles. The van der Waals surface area contributed by atoms with Gasteiger partial charge in [0.25, 0.3) is 0 Å². The molecule has 3 N–H and O–H groups in total. The van der Waals surface area contributed by atoms with Gasteiger partial charge in [0.2, 0.25) is 0 Å². The van der Waals surface area contributed by atoms with Crippen LogP contribution in [0.4, 0.5) is 0 Å². The second kappa shape index (κ2) is 6.67. The molecule has 3 heteroatoms. The molecule has 3 nitrogen and oxygen atoms in total. The molecule has 0 amide bonds. The number of hydrogen-bond donors (Lipinski definition) is 2. The monoisotopic (exact) mass is 299 g/mol. The Labute approximate surface area is 132 Å². The highest BCUT2D eigenvalue weighted by Gasteiger charge is 2.31. The van der Waals surface area contributed by atoms with Gasteiger partial charge < -0.3 is 15.6 Å². The molecule has 2 aromatic carbocycles. The van der Waals surface area contributed by atoms with Crippen LogP contribution in [-0.4, -0.2) is 17.8 Å². The summed E-state index contributed by atoms with van der Waals surface area (Å²) in [5, 5.41) is 13.0. The predicted octanol–water partition coefficient (Wildman–Crippen LogP) is 3.79. The van der Waals surface area contributed by atoms with E-state index in [0.717, 1.165) is 34.9 Å². The Morgan fingerprint density at radius 3 is 2.64 bits per heavy atom. The van der Waals surface area contributed by atoms with Gasteiger partial charge in [0.05, 0.1) is 18.8 Å². The normalized spacial score (nSPS) is 18.5. The first kappa shape index (κ1) is 15.3. The maximum atomic E-state index is 10.7. The Morgan fingerprint density at radius 2 is 1.91 bits per heavy atom. The second-order valence-corrected chi connectivity index (χ2v) is 6.19. The van der Waals surface area contributed by atoms with Crippen LogP contribution in [0.25, 0.3) is 10.8 Å². The van der Waals surface area contributed by atoms with E-state index >= 15 is 0 Å². The molecule has 2 atom stereocenters. The van der Waals surface area contributed by atoms with Crippen molar-refractivity contribution in [1.29, 1.82) is 0 Å². The summed E-state index contributed by atoms with van der Waals surface area (Å²) in [6, 6.07) is 11.8. The van der Waals surface area contributed by atoms with E-state index in [-0.39, 0.29) is 0 Å². The molecule has 1 aliphatic rings.